The monoisotopic (exact) mass is 366 g/mol. The fraction of sp³-hybridized carbons (Fsp3) is 0.500. The maximum atomic E-state index is 12.9. The molecular formula is C22H26N2O3. The predicted octanol–water partition coefficient (Wildman–Crippen LogP) is 3.58. The van der Waals surface area contributed by atoms with Crippen molar-refractivity contribution in [1.29, 1.82) is 0 Å². The van der Waals surface area contributed by atoms with Crippen LogP contribution >= 0.6 is 0 Å². The highest BCUT2D eigenvalue weighted by atomic mass is 16.5. The highest BCUT2D eigenvalue weighted by molar-refractivity contribution is 6.05. The minimum absolute atomic E-state index is 0.212. The van der Waals surface area contributed by atoms with Crippen LogP contribution in [-0.4, -0.2) is 29.5 Å². The molecule has 0 radical (unpaired) electrons. The van der Waals surface area contributed by atoms with Crippen LogP contribution in [0, 0.1) is 5.92 Å². The Kier molecular flexibility index (Phi) is 5.10. The molecule has 2 aliphatic carbocycles. The van der Waals surface area contributed by atoms with E-state index in [4.69, 9.17) is 9.72 Å². The summed E-state index contributed by atoms with van der Waals surface area (Å²) in [6.45, 7) is 1.97. The number of aryl methyl sites for hydroxylation is 1. The van der Waals surface area contributed by atoms with Crippen molar-refractivity contribution in [2.75, 3.05) is 6.61 Å². The molecule has 27 heavy (non-hydrogen) atoms. The number of rotatable bonds is 4. The number of nitrogens with zero attached hydrogens (tertiary/aromatic N) is 1. The topological polar surface area (TPSA) is 68.3 Å². The highest BCUT2D eigenvalue weighted by Crippen LogP contribution is 2.32. The Morgan fingerprint density at radius 3 is 2.78 bits per heavy atom. The summed E-state index contributed by atoms with van der Waals surface area (Å²) in [7, 11) is 0. The van der Waals surface area contributed by atoms with Crippen molar-refractivity contribution in [2.24, 2.45) is 5.92 Å². The van der Waals surface area contributed by atoms with Gasteiger partial charge in [0, 0.05) is 17.1 Å². The van der Waals surface area contributed by atoms with Gasteiger partial charge in [0.15, 0.2) is 6.61 Å². The van der Waals surface area contributed by atoms with Gasteiger partial charge in [-0.25, -0.2) is 4.79 Å². The van der Waals surface area contributed by atoms with Crippen molar-refractivity contribution in [3.63, 3.8) is 0 Å². The standard InChI is InChI=1S/C22H26N2O3/c1-14-10-11-19-17(12-14)21(16-8-4-5-9-18(16)24-19)22(26)27-13-20(25)23-15-6-2-3-7-15/h4-5,8-9,14-15H,2-3,6-7,10-13H2,1H3,(H,23,25)/t14-/m0/s1. The van der Waals surface area contributed by atoms with E-state index in [-0.39, 0.29) is 18.6 Å². The molecule has 4 rings (SSSR count). The third kappa shape index (κ3) is 3.82. The van der Waals surface area contributed by atoms with Crippen LogP contribution in [0.3, 0.4) is 0 Å². The quantitative estimate of drug-likeness (QED) is 0.840. The molecule has 2 aromatic rings. The van der Waals surface area contributed by atoms with E-state index in [2.05, 4.69) is 12.2 Å². The van der Waals surface area contributed by atoms with E-state index in [0.29, 0.717) is 11.5 Å². The van der Waals surface area contributed by atoms with Gasteiger partial charge in [0.25, 0.3) is 5.91 Å². The van der Waals surface area contributed by atoms with Gasteiger partial charge in [-0.15, -0.1) is 0 Å². The van der Waals surface area contributed by atoms with Gasteiger partial charge in [0.05, 0.1) is 11.1 Å². The van der Waals surface area contributed by atoms with Gasteiger partial charge in [-0.2, -0.15) is 0 Å². The van der Waals surface area contributed by atoms with Crippen molar-refractivity contribution in [1.82, 2.24) is 10.3 Å². The Bertz CT molecular complexity index is 871. The third-order valence-electron chi connectivity index (χ3n) is 5.76. The third-order valence-corrected chi connectivity index (χ3v) is 5.76. The van der Waals surface area contributed by atoms with Gasteiger partial charge in [0.2, 0.25) is 0 Å². The Morgan fingerprint density at radius 1 is 1.19 bits per heavy atom. The number of carbonyl (C=O) groups excluding carboxylic acids is 2. The SMILES string of the molecule is C[C@H]1CCc2nc3ccccc3c(C(=O)OCC(=O)NC3CCCC3)c2C1. The summed E-state index contributed by atoms with van der Waals surface area (Å²) in [5.74, 6) is -0.117. The number of nitrogens with one attached hydrogen (secondary N) is 1. The van der Waals surface area contributed by atoms with Crippen molar-refractivity contribution >= 4 is 22.8 Å². The predicted molar refractivity (Wildman–Crippen MR) is 104 cm³/mol. The van der Waals surface area contributed by atoms with Crippen LogP contribution in [0.2, 0.25) is 0 Å². The first-order valence-corrected chi connectivity index (χ1v) is 9.99. The summed E-state index contributed by atoms with van der Waals surface area (Å²) in [6, 6.07) is 7.91. The molecule has 0 aliphatic heterocycles. The first-order valence-electron chi connectivity index (χ1n) is 9.99. The molecule has 1 heterocycles. The van der Waals surface area contributed by atoms with E-state index < -0.39 is 5.97 Å². The van der Waals surface area contributed by atoms with Crippen LogP contribution in [0.25, 0.3) is 10.9 Å². The molecule has 0 saturated heterocycles. The van der Waals surface area contributed by atoms with Crippen molar-refractivity contribution in [3.8, 4) is 0 Å². The molecule has 5 heteroatoms. The number of ether oxygens (including phenoxy) is 1. The molecule has 0 spiro atoms. The highest BCUT2D eigenvalue weighted by Gasteiger charge is 2.26. The zero-order valence-corrected chi connectivity index (χ0v) is 15.8. The fourth-order valence-electron chi connectivity index (χ4n) is 4.34. The van der Waals surface area contributed by atoms with E-state index in [0.717, 1.165) is 67.1 Å². The molecule has 142 valence electrons. The lowest BCUT2D eigenvalue weighted by Gasteiger charge is -2.24. The second-order valence-corrected chi connectivity index (χ2v) is 7.90. The van der Waals surface area contributed by atoms with Crippen LogP contribution in [-0.2, 0) is 22.4 Å². The summed E-state index contributed by atoms with van der Waals surface area (Å²) >= 11 is 0. The summed E-state index contributed by atoms with van der Waals surface area (Å²) in [5, 5.41) is 3.78. The lowest BCUT2D eigenvalue weighted by Crippen LogP contribution is -2.36. The molecule has 0 unspecified atom stereocenters. The number of aromatic nitrogens is 1. The average Bonchev–Trinajstić information content (AvgIpc) is 3.17. The molecule has 1 aromatic carbocycles. The fourth-order valence-corrected chi connectivity index (χ4v) is 4.34. The largest absolute Gasteiger partial charge is 0.452 e. The van der Waals surface area contributed by atoms with Gasteiger partial charge >= 0.3 is 5.97 Å². The number of benzene rings is 1. The Morgan fingerprint density at radius 2 is 1.96 bits per heavy atom. The number of para-hydroxylation sites is 1. The molecule has 5 nitrogen and oxygen atoms in total. The van der Waals surface area contributed by atoms with Crippen LogP contribution in [0.5, 0.6) is 0 Å². The Balaban J connectivity index is 1.57. The van der Waals surface area contributed by atoms with Crippen LogP contribution in [0.4, 0.5) is 0 Å². The van der Waals surface area contributed by atoms with Crippen LogP contribution in [0.1, 0.15) is 60.6 Å². The molecule has 1 saturated carbocycles. The minimum atomic E-state index is -0.416. The molecular weight excluding hydrogens is 340 g/mol. The number of hydrogen-bond acceptors (Lipinski definition) is 4. The van der Waals surface area contributed by atoms with Crippen molar-refractivity contribution < 1.29 is 14.3 Å². The first-order chi connectivity index (χ1) is 13.1. The molecule has 1 N–H and O–H groups in total. The van der Waals surface area contributed by atoms with Crippen molar-refractivity contribution in [3.05, 3.63) is 41.1 Å². The molecule has 2 aliphatic rings. The molecule has 0 bridgehead atoms. The number of fused-ring (bicyclic) bond motifs is 2. The van der Waals surface area contributed by atoms with Gasteiger partial charge in [-0.1, -0.05) is 38.0 Å². The van der Waals surface area contributed by atoms with Crippen LogP contribution in [0.15, 0.2) is 24.3 Å². The molecule has 1 aromatic heterocycles. The lowest BCUT2D eigenvalue weighted by molar-refractivity contribution is -0.124. The maximum Gasteiger partial charge on any atom is 0.339 e. The zero-order valence-electron chi connectivity index (χ0n) is 15.8. The molecule has 1 fully saturated rings. The molecule has 1 amide bonds. The maximum absolute atomic E-state index is 12.9. The normalized spacial score (nSPS) is 19.7. The minimum Gasteiger partial charge on any atom is -0.452 e. The van der Waals surface area contributed by atoms with E-state index in [1.807, 2.05) is 24.3 Å². The lowest BCUT2D eigenvalue weighted by atomic mass is 9.84. The number of hydrogen-bond donors (Lipinski definition) is 1. The number of esters is 1. The second-order valence-electron chi connectivity index (χ2n) is 7.90. The number of carbonyl (C=O) groups is 2. The van der Waals surface area contributed by atoms with E-state index in [1.165, 1.54) is 0 Å². The van der Waals surface area contributed by atoms with Gasteiger partial charge in [-0.05, 0) is 49.7 Å². The van der Waals surface area contributed by atoms with E-state index in [9.17, 15) is 9.59 Å². The molecule has 1 atom stereocenters. The van der Waals surface area contributed by atoms with Gasteiger partial charge in [0.1, 0.15) is 0 Å². The zero-order chi connectivity index (χ0) is 18.8. The average molecular weight is 366 g/mol. The summed E-state index contributed by atoms with van der Waals surface area (Å²) in [5.41, 5.74) is 3.40. The summed E-state index contributed by atoms with van der Waals surface area (Å²) in [4.78, 5) is 29.9. The first kappa shape index (κ1) is 18.0. The number of pyridine rings is 1. The van der Waals surface area contributed by atoms with E-state index in [1.54, 1.807) is 0 Å². The summed E-state index contributed by atoms with van der Waals surface area (Å²) < 4.78 is 5.43. The van der Waals surface area contributed by atoms with Crippen LogP contribution < -0.4 is 5.32 Å². The Hall–Kier alpha value is -2.43. The van der Waals surface area contributed by atoms with Gasteiger partial charge < -0.3 is 10.1 Å². The smallest absolute Gasteiger partial charge is 0.339 e. The Labute approximate surface area is 159 Å². The summed E-state index contributed by atoms with van der Waals surface area (Å²) in [6.07, 6.45) is 7.11. The van der Waals surface area contributed by atoms with E-state index >= 15 is 0 Å². The number of amides is 1. The van der Waals surface area contributed by atoms with Crippen molar-refractivity contribution in [2.45, 2.75) is 57.9 Å². The second kappa shape index (κ2) is 7.67. The van der Waals surface area contributed by atoms with Gasteiger partial charge in [-0.3, -0.25) is 9.78 Å².